The number of ether oxygens (including phenoxy) is 1. The monoisotopic (exact) mass is 216 g/mol. The van der Waals surface area contributed by atoms with Gasteiger partial charge in [0.1, 0.15) is 0 Å². The molecule has 1 aromatic heterocycles. The van der Waals surface area contributed by atoms with E-state index in [1.54, 1.807) is 0 Å². The van der Waals surface area contributed by atoms with Gasteiger partial charge in [0.15, 0.2) is 0 Å². The van der Waals surface area contributed by atoms with E-state index >= 15 is 0 Å². The van der Waals surface area contributed by atoms with Gasteiger partial charge in [0.2, 0.25) is 0 Å². The Hall–Kier alpha value is -1.53. The lowest BCUT2D eigenvalue weighted by Crippen LogP contribution is -2.10. The molecular weight excluding hydrogens is 200 g/mol. The van der Waals surface area contributed by atoms with Crippen molar-refractivity contribution in [2.24, 2.45) is 7.05 Å². The fourth-order valence-corrected chi connectivity index (χ4v) is 2.18. The van der Waals surface area contributed by atoms with Crippen LogP contribution in [-0.2, 0) is 11.8 Å². The maximum Gasteiger partial charge on any atom is 0.0949 e. The molecule has 0 bridgehead atoms. The van der Waals surface area contributed by atoms with E-state index < -0.39 is 0 Å². The van der Waals surface area contributed by atoms with Crippen molar-refractivity contribution in [3.05, 3.63) is 28.6 Å². The van der Waals surface area contributed by atoms with Gasteiger partial charge in [-0.2, -0.15) is 5.26 Å². The molecule has 0 N–H and O–H groups in total. The first-order valence-electron chi connectivity index (χ1n) is 5.55. The Morgan fingerprint density at radius 1 is 1.62 bits per heavy atom. The Morgan fingerprint density at radius 3 is 3.00 bits per heavy atom. The van der Waals surface area contributed by atoms with Crippen molar-refractivity contribution in [1.29, 1.82) is 5.26 Å². The second-order valence-electron chi connectivity index (χ2n) is 4.11. The lowest BCUT2D eigenvalue weighted by atomic mass is 9.95. The Labute approximate surface area is 95.9 Å². The summed E-state index contributed by atoms with van der Waals surface area (Å²) < 4.78 is 7.81. The zero-order chi connectivity index (χ0) is 11.7. The predicted molar refractivity (Wildman–Crippen MR) is 62.7 cm³/mol. The molecule has 0 aromatic carbocycles. The summed E-state index contributed by atoms with van der Waals surface area (Å²) >= 11 is 0. The number of hydrogen-bond acceptors (Lipinski definition) is 2. The third-order valence-electron chi connectivity index (χ3n) is 3.13. The van der Waals surface area contributed by atoms with E-state index in [0.29, 0.717) is 13.0 Å². The van der Waals surface area contributed by atoms with Gasteiger partial charge in [0.25, 0.3) is 0 Å². The zero-order valence-corrected chi connectivity index (χ0v) is 9.95. The van der Waals surface area contributed by atoms with Crippen LogP contribution in [0.4, 0.5) is 0 Å². The van der Waals surface area contributed by atoms with Crippen molar-refractivity contribution in [3.63, 3.8) is 0 Å². The number of rotatable bonds is 2. The van der Waals surface area contributed by atoms with Crippen LogP contribution in [0.2, 0.25) is 0 Å². The third-order valence-corrected chi connectivity index (χ3v) is 3.13. The summed E-state index contributed by atoms with van der Waals surface area (Å²) in [5.41, 5.74) is 4.32. The van der Waals surface area contributed by atoms with E-state index in [9.17, 15) is 0 Å². The van der Waals surface area contributed by atoms with Crippen molar-refractivity contribution in [1.82, 2.24) is 4.57 Å². The Bertz CT molecular complexity index is 477. The highest BCUT2D eigenvalue weighted by molar-refractivity contribution is 5.62. The molecule has 84 valence electrons. The first kappa shape index (κ1) is 11.0. The molecule has 1 aliphatic rings. The molecule has 0 saturated heterocycles. The van der Waals surface area contributed by atoms with Crippen LogP contribution in [0.25, 0.3) is 6.08 Å². The minimum absolute atomic E-state index is 0.0412. The van der Waals surface area contributed by atoms with Gasteiger partial charge < -0.3 is 9.30 Å². The van der Waals surface area contributed by atoms with Gasteiger partial charge in [-0.25, -0.2) is 0 Å². The molecule has 1 atom stereocenters. The highest BCUT2D eigenvalue weighted by Gasteiger charge is 2.24. The van der Waals surface area contributed by atoms with E-state index in [2.05, 4.69) is 23.6 Å². The lowest BCUT2D eigenvalue weighted by molar-refractivity contribution is 0.0625. The van der Waals surface area contributed by atoms with E-state index in [4.69, 9.17) is 10.00 Å². The van der Waals surface area contributed by atoms with E-state index in [1.165, 1.54) is 11.3 Å². The SMILES string of the molecule is CCOC1CC(C#N)=Cc2c1cc(C)n2C. The lowest BCUT2D eigenvalue weighted by Gasteiger charge is -2.21. The summed E-state index contributed by atoms with van der Waals surface area (Å²) in [4.78, 5) is 0. The second kappa shape index (κ2) is 4.15. The van der Waals surface area contributed by atoms with Crippen LogP contribution < -0.4 is 0 Å². The minimum Gasteiger partial charge on any atom is -0.373 e. The van der Waals surface area contributed by atoms with Crippen LogP contribution in [0.3, 0.4) is 0 Å². The van der Waals surface area contributed by atoms with E-state index in [0.717, 1.165) is 11.3 Å². The smallest absolute Gasteiger partial charge is 0.0949 e. The largest absolute Gasteiger partial charge is 0.373 e. The second-order valence-corrected chi connectivity index (χ2v) is 4.11. The average Bonchev–Trinajstić information content (AvgIpc) is 2.57. The topological polar surface area (TPSA) is 37.9 Å². The number of fused-ring (bicyclic) bond motifs is 1. The molecular formula is C13H16N2O. The van der Waals surface area contributed by atoms with Gasteiger partial charge in [-0.1, -0.05) is 0 Å². The molecule has 0 aliphatic heterocycles. The summed E-state index contributed by atoms with van der Waals surface area (Å²) in [7, 11) is 2.02. The zero-order valence-electron chi connectivity index (χ0n) is 9.95. The molecule has 0 spiro atoms. The maximum absolute atomic E-state index is 9.02. The van der Waals surface area contributed by atoms with Gasteiger partial charge in [0, 0.05) is 42.6 Å². The fraction of sp³-hybridized carbons (Fsp3) is 0.462. The Kier molecular flexibility index (Phi) is 2.84. The number of nitriles is 1. The fourth-order valence-electron chi connectivity index (χ4n) is 2.18. The van der Waals surface area contributed by atoms with Crippen LogP contribution >= 0.6 is 0 Å². The van der Waals surface area contributed by atoms with Crippen molar-refractivity contribution in [3.8, 4) is 6.07 Å². The van der Waals surface area contributed by atoms with Crippen LogP contribution in [-0.4, -0.2) is 11.2 Å². The summed E-state index contributed by atoms with van der Waals surface area (Å²) in [5, 5.41) is 9.02. The molecule has 1 aromatic rings. The molecule has 1 unspecified atom stereocenters. The Morgan fingerprint density at radius 2 is 2.38 bits per heavy atom. The molecule has 0 amide bonds. The molecule has 16 heavy (non-hydrogen) atoms. The summed E-state index contributed by atoms with van der Waals surface area (Å²) in [6.07, 6.45) is 2.71. The minimum atomic E-state index is 0.0412. The average molecular weight is 216 g/mol. The van der Waals surface area contributed by atoms with Gasteiger partial charge in [-0.3, -0.25) is 0 Å². The maximum atomic E-state index is 9.02. The van der Waals surface area contributed by atoms with Crippen LogP contribution in [0.5, 0.6) is 0 Å². The van der Waals surface area contributed by atoms with Crippen molar-refractivity contribution in [2.45, 2.75) is 26.4 Å². The number of aryl methyl sites for hydroxylation is 1. The van der Waals surface area contributed by atoms with E-state index in [1.807, 2.05) is 20.0 Å². The van der Waals surface area contributed by atoms with Crippen molar-refractivity contribution < 1.29 is 4.74 Å². The molecule has 3 heteroatoms. The summed E-state index contributed by atoms with van der Waals surface area (Å²) in [6, 6.07) is 4.39. The number of nitrogens with zero attached hydrogens (tertiary/aromatic N) is 2. The summed E-state index contributed by atoms with van der Waals surface area (Å²) in [5.74, 6) is 0. The normalized spacial score (nSPS) is 18.9. The van der Waals surface area contributed by atoms with Crippen LogP contribution in [0, 0.1) is 18.3 Å². The molecule has 1 heterocycles. The molecule has 3 nitrogen and oxygen atoms in total. The van der Waals surface area contributed by atoms with Gasteiger partial charge in [-0.05, 0) is 26.0 Å². The van der Waals surface area contributed by atoms with E-state index in [-0.39, 0.29) is 6.10 Å². The summed E-state index contributed by atoms with van der Waals surface area (Å²) in [6.45, 7) is 4.73. The predicted octanol–water partition coefficient (Wildman–Crippen LogP) is 2.72. The quantitative estimate of drug-likeness (QED) is 0.762. The number of hydrogen-bond donors (Lipinski definition) is 0. The molecule has 2 rings (SSSR count). The molecule has 1 aliphatic carbocycles. The van der Waals surface area contributed by atoms with Gasteiger partial charge in [-0.15, -0.1) is 0 Å². The molecule has 0 saturated carbocycles. The van der Waals surface area contributed by atoms with Gasteiger partial charge in [0.05, 0.1) is 12.2 Å². The van der Waals surface area contributed by atoms with Crippen molar-refractivity contribution >= 4 is 6.08 Å². The highest BCUT2D eigenvalue weighted by Crippen LogP contribution is 2.35. The van der Waals surface area contributed by atoms with Crippen molar-refractivity contribution in [2.75, 3.05) is 6.61 Å². The van der Waals surface area contributed by atoms with Gasteiger partial charge >= 0.3 is 0 Å². The molecule has 0 radical (unpaired) electrons. The highest BCUT2D eigenvalue weighted by atomic mass is 16.5. The molecule has 0 fully saturated rings. The Balaban J connectivity index is 2.50. The van der Waals surface area contributed by atoms with Crippen LogP contribution in [0.1, 0.15) is 36.4 Å². The first-order chi connectivity index (χ1) is 7.67. The number of aromatic nitrogens is 1. The standard InChI is InChI=1S/C13H16N2O/c1-4-16-13-7-10(8-14)6-12-11(13)5-9(2)15(12)3/h5-6,13H,4,7H2,1-3H3. The third kappa shape index (κ3) is 1.66. The van der Waals surface area contributed by atoms with Crippen LogP contribution in [0.15, 0.2) is 11.6 Å². The first-order valence-corrected chi connectivity index (χ1v) is 5.55.